The van der Waals surface area contributed by atoms with E-state index < -0.39 is 0 Å². The van der Waals surface area contributed by atoms with Gasteiger partial charge in [-0.1, -0.05) is 6.07 Å². The molecule has 0 aliphatic heterocycles. The van der Waals surface area contributed by atoms with Crippen LogP contribution in [0.1, 0.15) is 5.56 Å². The molecule has 19 heavy (non-hydrogen) atoms. The van der Waals surface area contributed by atoms with Crippen LogP contribution in [0.5, 0.6) is 0 Å². The zero-order valence-electron chi connectivity index (χ0n) is 11.0. The zero-order chi connectivity index (χ0) is 13.7. The molecule has 2 N–H and O–H groups in total. The van der Waals surface area contributed by atoms with E-state index in [0.717, 1.165) is 27.5 Å². The Labute approximate surface area is 118 Å². The summed E-state index contributed by atoms with van der Waals surface area (Å²) in [7, 11) is 0. The Morgan fingerprint density at radius 1 is 1.37 bits per heavy atom. The summed E-state index contributed by atoms with van der Waals surface area (Å²) in [5, 5.41) is 0. The van der Waals surface area contributed by atoms with Gasteiger partial charge in [-0.25, -0.2) is 0 Å². The van der Waals surface area contributed by atoms with Gasteiger partial charge in [0.1, 0.15) is 0 Å². The van der Waals surface area contributed by atoms with Gasteiger partial charge in [0.05, 0.1) is 5.69 Å². The lowest BCUT2D eigenvalue weighted by molar-refractivity contribution is 1.15. The lowest BCUT2D eigenvalue weighted by atomic mass is 10.0. The van der Waals surface area contributed by atoms with Gasteiger partial charge in [-0.15, -0.1) is 11.8 Å². The van der Waals surface area contributed by atoms with Crippen molar-refractivity contribution < 1.29 is 0 Å². The highest BCUT2D eigenvalue weighted by molar-refractivity contribution is 7.99. The molecule has 1 aromatic heterocycles. The van der Waals surface area contributed by atoms with Crippen molar-refractivity contribution in [2.75, 3.05) is 12.3 Å². The molecule has 0 fully saturated rings. The van der Waals surface area contributed by atoms with Crippen molar-refractivity contribution in [3.63, 3.8) is 0 Å². The van der Waals surface area contributed by atoms with Crippen LogP contribution in [-0.4, -0.2) is 24.0 Å². The minimum absolute atomic E-state index is 0.650. The van der Waals surface area contributed by atoms with Gasteiger partial charge >= 0.3 is 0 Å². The summed E-state index contributed by atoms with van der Waals surface area (Å²) in [5.41, 5.74) is 9.98. The van der Waals surface area contributed by atoms with Crippen LogP contribution in [0.15, 0.2) is 46.5 Å². The summed E-state index contributed by atoms with van der Waals surface area (Å²) in [4.78, 5) is 9.36. The van der Waals surface area contributed by atoms with Crippen molar-refractivity contribution >= 4 is 24.2 Å². The molecule has 0 bridgehead atoms. The summed E-state index contributed by atoms with van der Waals surface area (Å²) in [6.07, 6.45) is 3.70. The normalized spacial score (nSPS) is 10.4. The van der Waals surface area contributed by atoms with Crippen molar-refractivity contribution in [2.45, 2.75) is 11.8 Å². The third-order valence-corrected chi connectivity index (χ3v) is 3.93. The second kappa shape index (κ2) is 6.50. The number of benzene rings is 1. The minimum atomic E-state index is 0.650. The molecule has 0 radical (unpaired) electrons. The second-order valence-electron chi connectivity index (χ2n) is 4.17. The molecule has 0 amide bonds. The molecule has 0 aliphatic rings. The van der Waals surface area contributed by atoms with E-state index in [1.54, 1.807) is 11.8 Å². The Morgan fingerprint density at radius 3 is 2.89 bits per heavy atom. The van der Waals surface area contributed by atoms with Gasteiger partial charge in [-0.3, -0.25) is 9.98 Å². The Balaban J connectivity index is 2.42. The fourth-order valence-electron chi connectivity index (χ4n) is 1.86. The highest BCUT2D eigenvalue weighted by Crippen LogP contribution is 2.34. The monoisotopic (exact) mass is 271 g/mol. The van der Waals surface area contributed by atoms with E-state index in [2.05, 4.69) is 35.8 Å². The van der Waals surface area contributed by atoms with E-state index in [1.165, 1.54) is 5.56 Å². The topological polar surface area (TPSA) is 51.3 Å². The molecule has 0 spiro atoms. The van der Waals surface area contributed by atoms with Crippen LogP contribution in [0.3, 0.4) is 0 Å². The van der Waals surface area contributed by atoms with Crippen LogP contribution in [0.4, 0.5) is 5.69 Å². The van der Waals surface area contributed by atoms with Crippen LogP contribution in [0.25, 0.3) is 11.1 Å². The van der Waals surface area contributed by atoms with Crippen LogP contribution >= 0.6 is 11.8 Å². The summed E-state index contributed by atoms with van der Waals surface area (Å²) < 4.78 is 0. The maximum absolute atomic E-state index is 5.56. The molecule has 0 saturated heterocycles. The van der Waals surface area contributed by atoms with E-state index >= 15 is 0 Å². The van der Waals surface area contributed by atoms with E-state index in [0.29, 0.717) is 6.54 Å². The molecular weight excluding hydrogens is 254 g/mol. The molecule has 0 saturated carbocycles. The summed E-state index contributed by atoms with van der Waals surface area (Å²) in [6.45, 7) is 6.35. The van der Waals surface area contributed by atoms with Crippen molar-refractivity contribution in [3.05, 3.63) is 42.2 Å². The van der Waals surface area contributed by atoms with Gasteiger partial charge in [0.2, 0.25) is 0 Å². The molecule has 1 heterocycles. The molecule has 0 atom stereocenters. The number of aliphatic imine (C=N–C) groups is 1. The third-order valence-electron chi connectivity index (χ3n) is 2.86. The summed E-state index contributed by atoms with van der Waals surface area (Å²) in [6, 6.07) is 8.20. The maximum atomic E-state index is 5.56. The van der Waals surface area contributed by atoms with Crippen molar-refractivity contribution in [1.29, 1.82) is 0 Å². The number of rotatable bonds is 5. The molecule has 3 nitrogen and oxygen atoms in total. The zero-order valence-corrected chi connectivity index (χ0v) is 11.8. The highest BCUT2D eigenvalue weighted by Gasteiger charge is 2.07. The van der Waals surface area contributed by atoms with Crippen LogP contribution in [-0.2, 0) is 0 Å². The Bertz CT molecular complexity index is 581. The number of thioether (sulfide) groups is 1. The van der Waals surface area contributed by atoms with Crippen LogP contribution in [0.2, 0.25) is 0 Å². The number of nitrogens with two attached hydrogens (primary N) is 1. The predicted octanol–water partition coefficient (Wildman–Crippen LogP) is 3.44. The minimum Gasteiger partial charge on any atom is -0.330 e. The van der Waals surface area contributed by atoms with Gasteiger partial charge in [0.15, 0.2) is 0 Å². The SMILES string of the molecule is C=Nc1ccc(-c2cnccc2C)cc1SCCN. The van der Waals surface area contributed by atoms with E-state index in [-0.39, 0.29) is 0 Å². The summed E-state index contributed by atoms with van der Waals surface area (Å²) >= 11 is 1.71. The summed E-state index contributed by atoms with van der Waals surface area (Å²) in [5.74, 6) is 0.873. The number of aryl methyl sites for hydroxylation is 1. The first-order valence-corrected chi connectivity index (χ1v) is 7.09. The Morgan fingerprint density at radius 2 is 2.21 bits per heavy atom. The van der Waals surface area contributed by atoms with Gasteiger partial charge in [-0.05, 0) is 43.0 Å². The van der Waals surface area contributed by atoms with Gasteiger partial charge < -0.3 is 5.73 Å². The number of hydrogen-bond donors (Lipinski definition) is 1. The molecule has 98 valence electrons. The first-order valence-electron chi connectivity index (χ1n) is 6.11. The quantitative estimate of drug-likeness (QED) is 0.669. The second-order valence-corrected chi connectivity index (χ2v) is 5.31. The standard InChI is InChI=1S/C15H17N3S/c1-11-5-7-18-10-13(11)12-3-4-14(17-2)15(9-12)19-8-6-16/h3-5,7,9-10H,2,6,8,16H2,1H3. The largest absolute Gasteiger partial charge is 0.330 e. The fourth-order valence-corrected chi connectivity index (χ4v) is 2.69. The number of hydrogen-bond acceptors (Lipinski definition) is 4. The van der Waals surface area contributed by atoms with Gasteiger partial charge in [-0.2, -0.15) is 0 Å². The van der Waals surface area contributed by atoms with Crippen molar-refractivity contribution in [2.24, 2.45) is 10.7 Å². The fraction of sp³-hybridized carbons (Fsp3) is 0.200. The molecule has 0 unspecified atom stereocenters. The van der Waals surface area contributed by atoms with Gasteiger partial charge in [0.25, 0.3) is 0 Å². The third kappa shape index (κ3) is 3.22. The van der Waals surface area contributed by atoms with Crippen LogP contribution in [0, 0.1) is 6.92 Å². The Kier molecular flexibility index (Phi) is 4.71. The molecular formula is C15H17N3S. The molecule has 4 heteroatoms. The number of nitrogens with zero attached hydrogens (tertiary/aromatic N) is 2. The number of pyridine rings is 1. The lowest BCUT2D eigenvalue weighted by Crippen LogP contribution is -2.00. The molecule has 2 rings (SSSR count). The highest BCUT2D eigenvalue weighted by atomic mass is 32.2. The van der Waals surface area contributed by atoms with Crippen LogP contribution < -0.4 is 5.73 Å². The first kappa shape index (κ1) is 13.8. The van der Waals surface area contributed by atoms with Crippen molar-refractivity contribution in [3.8, 4) is 11.1 Å². The predicted molar refractivity (Wildman–Crippen MR) is 83.4 cm³/mol. The average molecular weight is 271 g/mol. The molecule has 0 aliphatic carbocycles. The lowest BCUT2D eigenvalue weighted by Gasteiger charge is -2.09. The first-order chi connectivity index (χ1) is 9.26. The molecule has 2 aromatic rings. The molecule has 1 aromatic carbocycles. The number of aromatic nitrogens is 1. The smallest absolute Gasteiger partial charge is 0.0758 e. The van der Waals surface area contributed by atoms with E-state index in [1.807, 2.05) is 24.5 Å². The Hall–Kier alpha value is -1.65. The van der Waals surface area contributed by atoms with E-state index in [9.17, 15) is 0 Å². The average Bonchev–Trinajstić information content (AvgIpc) is 2.45. The van der Waals surface area contributed by atoms with E-state index in [4.69, 9.17) is 5.73 Å². The maximum Gasteiger partial charge on any atom is 0.0758 e. The van der Waals surface area contributed by atoms with Gasteiger partial charge in [0, 0.05) is 35.2 Å². The van der Waals surface area contributed by atoms with Crippen molar-refractivity contribution in [1.82, 2.24) is 4.98 Å².